The maximum atomic E-state index is 12.6. The molecule has 1 atom stereocenters. The number of rotatable bonds is 5. The average Bonchev–Trinajstić information content (AvgIpc) is 3.36. The first-order valence-electron chi connectivity index (χ1n) is 8.76. The van der Waals surface area contributed by atoms with Crippen LogP contribution in [-0.2, 0) is 0 Å². The molecule has 4 rings (SSSR count). The first-order chi connectivity index (χ1) is 12.6. The molecule has 0 unspecified atom stereocenters. The Hall–Kier alpha value is -2.87. The van der Waals surface area contributed by atoms with Gasteiger partial charge in [-0.15, -0.1) is 0 Å². The summed E-state index contributed by atoms with van der Waals surface area (Å²) in [5, 5.41) is 5.76. The third-order valence-corrected chi connectivity index (χ3v) is 4.78. The smallest absolute Gasteiger partial charge is 0.285 e. The third kappa shape index (κ3) is 3.03. The van der Waals surface area contributed by atoms with Gasteiger partial charge in [0, 0.05) is 24.5 Å². The number of carbonyl (C=O) groups excluding carboxylic acids is 1. The van der Waals surface area contributed by atoms with Crippen molar-refractivity contribution in [3.05, 3.63) is 58.0 Å². The second kappa shape index (κ2) is 6.80. The Bertz CT molecular complexity index is 967. The number of likely N-dealkylation sites (tertiary alicyclic amines) is 1. The van der Waals surface area contributed by atoms with Gasteiger partial charge in [0.15, 0.2) is 5.65 Å². The molecule has 1 fully saturated rings. The first kappa shape index (κ1) is 16.6. The number of nitrogens with one attached hydrogen (secondary N) is 2. The van der Waals surface area contributed by atoms with E-state index in [4.69, 9.17) is 4.42 Å². The van der Waals surface area contributed by atoms with Crippen LogP contribution in [0.2, 0.25) is 0 Å². The van der Waals surface area contributed by atoms with Crippen molar-refractivity contribution in [3.8, 4) is 0 Å². The number of hydrogen-bond donors (Lipinski definition) is 2. The number of hydrogen-bond acceptors (Lipinski definition) is 5. The van der Waals surface area contributed by atoms with Crippen LogP contribution in [-0.4, -0.2) is 45.0 Å². The molecule has 1 aliphatic rings. The molecule has 1 amide bonds. The van der Waals surface area contributed by atoms with E-state index in [1.165, 1.54) is 10.7 Å². The van der Waals surface area contributed by atoms with E-state index in [0.29, 0.717) is 12.2 Å². The Morgan fingerprint density at radius 2 is 2.23 bits per heavy atom. The summed E-state index contributed by atoms with van der Waals surface area (Å²) in [6.45, 7) is 4.15. The largest absolute Gasteiger partial charge is 0.468 e. The van der Waals surface area contributed by atoms with Crippen LogP contribution >= 0.6 is 0 Å². The van der Waals surface area contributed by atoms with E-state index < -0.39 is 11.5 Å². The lowest BCUT2D eigenvalue weighted by molar-refractivity contribution is 0.0931. The van der Waals surface area contributed by atoms with Gasteiger partial charge >= 0.3 is 0 Å². The van der Waals surface area contributed by atoms with Crippen LogP contribution in [0.1, 0.15) is 40.7 Å². The van der Waals surface area contributed by atoms with E-state index in [1.54, 1.807) is 12.3 Å². The van der Waals surface area contributed by atoms with Crippen LogP contribution in [0.15, 0.2) is 39.9 Å². The highest BCUT2D eigenvalue weighted by molar-refractivity contribution is 5.93. The van der Waals surface area contributed by atoms with Crippen LogP contribution in [0, 0.1) is 6.92 Å². The molecule has 2 N–H and O–H groups in total. The van der Waals surface area contributed by atoms with Gasteiger partial charge in [0.25, 0.3) is 11.5 Å². The summed E-state index contributed by atoms with van der Waals surface area (Å²) in [5.74, 6) is 0.386. The lowest BCUT2D eigenvalue weighted by atomic mass is 10.2. The summed E-state index contributed by atoms with van der Waals surface area (Å²) in [7, 11) is 0. The molecule has 26 heavy (non-hydrogen) atoms. The molecule has 1 aliphatic heterocycles. The molecule has 4 heterocycles. The summed E-state index contributed by atoms with van der Waals surface area (Å²) < 4.78 is 6.84. The van der Waals surface area contributed by atoms with E-state index in [9.17, 15) is 9.59 Å². The van der Waals surface area contributed by atoms with Gasteiger partial charge in [0.2, 0.25) is 0 Å². The zero-order chi connectivity index (χ0) is 18.1. The first-order valence-corrected chi connectivity index (χ1v) is 8.76. The van der Waals surface area contributed by atoms with Crippen molar-refractivity contribution >= 4 is 11.6 Å². The normalized spacial score (nSPS) is 16.2. The van der Waals surface area contributed by atoms with Crippen LogP contribution in [0.25, 0.3) is 5.65 Å². The van der Waals surface area contributed by atoms with E-state index in [1.807, 2.05) is 19.1 Å². The maximum Gasteiger partial charge on any atom is 0.285 e. The summed E-state index contributed by atoms with van der Waals surface area (Å²) >= 11 is 0. The number of carbonyl (C=O) groups is 1. The number of fused-ring (bicyclic) bond motifs is 1. The van der Waals surface area contributed by atoms with E-state index in [0.717, 1.165) is 37.4 Å². The quantitative estimate of drug-likeness (QED) is 0.723. The molecule has 3 aromatic rings. The molecule has 0 spiro atoms. The Morgan fingerprint density at radius 1 is 1.42 bits per heavy atom. The number of nitrogens with zero attached hydrogens (tertiary/aromatic N) is 3. The van der Waals surface area contributed by atoms with E-state index in [2.05, 4.69) is 20.3 Å². The van der Waals surface area contributed by atoms with Gasteiger partial charge in [0.05, 0.1) is 12.3 Å². The summed E-state index contributed by atoms with van der Waals surface area (Å²) in [4.78, 5) is 31.6. The standard InChI is InChI=1S/C18H21N5O3/c1-12-9-16-19-10-13(18(25)23(16)21-12)17(24)20-11-14(15-5-4-8-26-15)22-6-2-3-7-22/h4-5,8-10,14,21H,2-3,6-7,11H2,1H3,(H,20,24)/t14-/m0/s1. The number of aromatic amines is 1. The molecule has 136 valence electrons. The van der Waals surface area contributed by atoms with Crippen LogP contribution in [0.4, 0.5) is 0 Å². The van der Waals surface area contributed by atoms with Gasteiger partial charge in [-0.05, 0) is 45.0 Å². The number of aryl methyl sites for hydroxylation is 1. The lowest BCUT2D eigenvalue weighted by Crippen LogP contribution is -2.38. The Morgan fingerprint density at radius 3 is 2.96 bits per heavy atom. The fourth-order valence-electron chi connectivity index (χ4n) is 3.46. The predicted octanol–water partition coefficient (Wildman–Crippen LogP) is 1.49. The minimum Gasteiger partial charge on any atom is -0.468 e. The monoisotopic (exact) mass is 355 g/mol. The summed E-state index contributed by atoms with van der Waals surface area (Å²) in [6.07, 6.45) is 5.24. The number of amides is 1. The highest BCUT2D eigenvalue weighted by Crippen LogP contribution is 2.24. The summed E-state index contributed by atoms with van der Waals surface area (Å²) in [5.41, 5.74) is 0.911. The highest BCUT2D eigenvalue weighted by atomic mass is 16.3. The lowest BCUT2D eigenvalue weighted by Gasteiger charge is -2.25. The second-order valence-electron chi connectivity index (χ2n) is 6.59. The summed E-state index contributed by atoms with van der Waals surface area (Å²) in [6, 6.07) is 5.48. The Labute approximate surface area is 149 Å². The van der Waals surface area contributed by atoms with E-state index >= 15 is 0 Å². The van der Waals surface area contributed by atoms with Crippen molar-refractivity contribution < 1.29 is 9.21 Å². The van der Waals surface area contributed by atoms with E-state index in [-0.39, 0.29) is 11.6 Å². The second-order valence-corrected chi connectivity index (χ2v) is 6.59. The molecule has 8 nitrogen and oxygen atoms in total. The minimum atomic E-state index is -0.431. The van der Waals surface area contributed by atoms with Crippen LogP contribution in [0.5, 0.6) is 0 Å². The van der Waals surface area contributed by atoms with Crippen molar-refractivity contribution in [1.29, 1.82) is 0 Å². The third-order valence-electron chi connectivity index (χ3n) is 4.78. The van der Waals surface area contributed by atoms with Crippen molar-refractivity contribution in [2.24, 2.45) is 0 Å². The molecule has 3 aromatic heterocycles. The van der Waals surface area contributed by atoms with Crippen molar-refractivity contribution in [1.82, 2.24) is 24.8 Å². The highest BCUT2D eigenvalue weighted by Gasteiger charge is 2.26. The minimum absolute atomic E-state index is 0.0176. The van der Waals surface area contributed by atoms with Gasteiger partial charge in [-0.3, -0.25) is 19.6 Å². The number of furan rings is 1. The predicted molar refractivity (Wildman–Crippen MR) is 95.1 cm³/mol. The van der Waals surface area contributed by atoms with Crippen molar-refractivity contribution in [3.63, 3.8) is 0 Å². The van der Waals surface area contributed by atoms with Crippen LogP contribution < -0.4 is 10.9 Å². The average molecular weight is 355 g/mol. The molecule has 1 saturated heterocycles. The zero-order valence-corrected chi connectivity index (χ0v) is 14.6. The molecule has 0 aliphatic carbocycles. The fraction of sp³-hybridized carbons (Fsp3) is 0.389. The zero-order valence-electron chi connectivity index (χ0n) is 14.6. The molecule has 0 bridgehead atoms. The van der Waals surface area contributed by atoms with Gasteiger partial charge in [-0.2, -0.15) is 0 Å². The number of H-pyrrole nitrogens is 1. The topological polar surface area (TPSA) is 95.6 Å². The van der Waals surface area contributed by atoms with Crippen LogP contribution in [0.3, 0.4) is 0 Å². The Kier molecular flexibility index (Phi) is 4.34. The molecule has 0 saturated carbocycles. The molecule has 0 radical (unpaired) electrons. The van der Waals surface area contributed by atoms with Gasteiger partial charge < -0.3 is 9.73 Å². The van der Waals surface area contributed by atoms with Gasteiger partial charge in [-0.25, -0.2) is 9.50 Å². The maximum absolute atomic E-state index is 12.6. The molecule has 8 heteroatoms. The molecular formula is C18H21N5O3. The van der Waals surface area contributed by atoms with Crippen molar-refractivity contribution in [2.45, 2.75) is 25.8 Å². The SMILES string of the molecule is Cc1cc2ncc(C(=O)NC[C@@H](c3ccco3)N3CCCC3)c(=O)n2[nH]1. The molecule has 0 aromatic carbocycles. The Balaban J connectivity index is 1.53. The molecular weight excluding hydrogens is 334 g/mol. The number of aromatic nitrogens is 3. The van der Waals surface area contributed by atoms with Gasteiger partial charge in [-0.1, -0.05) is 0 Å². The fourth-order valence-corrected chi connectivity index (χ4v) is 3.46. The van der Waals surface area contributed by atoms with Gasteiger partial charge in [0.1, 0.15) is 11.3 Å². The van der Waals surface area contributed by atoms with Crippen molar-refractivity contribution in [2.75, 3.05) is 19.6 Å².